The fourth-order valence-electron chi connectivity index (χ4n) is 1.38. The molecule has 2 aromatic heterocycles. The van der Waals surface area contributed by atoms with Gasteiger partial charge in [0.1, 0.15) is 0 Å². The Morgan fingerprint density at radius 1 is 1.44 bits per heavy atom. The highest BCUT2D eigenvalue weighted by molar-refractivity contribution is 5.19. The van der Waals surface area contributed by atoms with Gasteiger partial charge in [0.15, 0.2) is 0 Å². The van der Waals surface area contributed by atoms with Crippen LogP contribution in [0.15, 0.2) is 16.7 Å². The summed E-state index contributed by atoms with van der Waals surface area (Å²) in [5, 5.41) is 15.0. The van der Waals surface area contributed by atoms with Crippen LogP contribution in [0, 0.1) is 0 Å². The lowest BCUT2D eigenvalue weighted by Gasteiger charge is -2.01. The monoisotopic (exact) mass is 221 g/mol. The normalized spacial score (nSPS) is 10.6. The third-order valence-electron chi connectivity index (χ3n) is 2.27. The maximum atomic E-state index is 5.40. The molecule has 6 nitrogen and oxygen atoms in total. The molecule has 2 heterocycles. The molecule has 0 amide bonds. The second-order valence-electron chi connectivity index (χ2n) is 3.55. The van der Waals surface area contributed by atoms with E-state index in [-0.39, 0.29) is 0 Å². The molecule has 0 aliphatic carbocycles. The SMILES string of the molecule is CCCc1nnc(NCc2ccnn2C)o1. The molecule has 0 radical (unpaired) electrons. The van der Waals surface area contributed by atoms with Crippen LogP contribution in [0.3, 0.4) is 0 Å². The van der Waals surface area contributed by atoms with Gasteiger partial charge in [-0.25, -0.2) is 0 Å². The van der Waals surface area contributed by atoms with Gasteiger partial charge in [-0.15, -0.1) is 5.10 Å². The minimum Gasteiger partial charge on any atom is -0.408 e. The Morgan fingerprint density at radius 3 is 3.00 bits per heavy atom. The fourth-order valence-corrected chi connectivity index (χ4v) is 1.38. The molecule has 1 N–H and O–H groups in total. The zero-order chi connectivity index (χ0) is 11.4. The summed E-state index contributed by atoms with van der Waals surface area (Å²) in [4.78, 5) is 0. The van der Waals surface area contributed by atoms with E-state index in [0.717, 1.165) is 18.5 Å². The van der Waals surface area contributed by atoms with Crippen molar-refractivity contribution in [2.75, 3.05) is 5.32 Å². The van der Waals surface area contributed by atoms with Crippen molar-refractivity contribution in [1.29, 1.82) is 0 Å². The highest BCUT2D eigenvalue weighted by Crippen LogP contribution is 2.08. The predicted molar refractivity (Wildman–Crippen MR) is 58.8 cm³/mol. The van der Waals surface area contributed by atoms with E-state index in [1.54, 1.807) is 10.9 Å². The number of aromatic nitrogens is 4. The smallest absolute Gasteiger partial charge is 0.315 e. The first-order chi connectivity index (χ1) is 7.79. The Hall–Kier alpha value is -1.85. The van der Waals surface area contributed by atoms with Crippen molar-refractivity contribution in [3.63, 3.8) is 0 Å². The molecule has 0 fully saturated rings. The average molecular weight is 221 g/mol. The van der Waals surface area contributed by atoms with Crippen molar-refractivity contribution < 1.29 is 4.42 Å². The lowest BCUT2D eigenvalue weighted by Crippen LogP contribution is -2.05. The van der Waals surface area contributed by atoms with Crippen LogP contribution in [0.4, 0.5) is 6.01 Å². The summed E-state index contributed by atoms with van der Waals surface area (Å²) < 4.78 is 7.20. The van der Waals surface area contributed by atoms with Gasteiger partial charge in [0.05, 0.1) is 12.2 Å². The van der Waals surface area contributed by atoms with Gasteiger partial charge in [-0.2, -0.15) is 5.10 Å². The Balaban J connectivity index is 1.92. The van der Waals surface area contributed by atoms with Gasteiger partial charge in [-0.05, 0) is 12.5 Å². The van der Waals surface area contributed by atoms with Crippen LogP contribution >= 0.6 is 0 Å². The third-order valence-corrected chi connectivity index (χ3v) is 2.27. The van der Waals surface area contributed by atoms with E-state index in [1.807, 2.05) is 13.1 Å². The standard InChI is InChI=1S/C10H15N5O/c1-3-4-9-13-14-10(16-9)11-7-8-5-6-12-15(8)2/h5-6H,3-4,7H2,1-2H3,(H,11,14). The van der Waals surface area contributed by atoms with Gasteiger partial charge in [0, 0.05) is 19.7 Å². The molecule has 0 atom stereocenters. The Labute approximate surface area is 93.7 Å². The van der Waals surface area contributed by atoms with Gasteiger partial charge in [-0.3, -0.25) is 4.68 Å². The van der Waals surface area contributed by atoms with Gasteiger partial charge in [0.25, 0.3) is 0 Å². The molecule has 2 rings (SSSR count). The topological polar surface area (TPSA) is 68.8 Å². The van der Waals surface area contributed by atoms with Gasteiger partial charge < -0.3 is 9.73 Å². The van der Waals surface area contributed by atoms with Crippen LogP contribution in [-0.2, 0) is 20.0 Å². The van der Waals surface area contributed by atoms with Gasteiger partial charge in [-0.1, -0.05) is 12.0 Å². The first-order valence-electron chi connectivity index (χ1n) is 5.32. The largest absolute Gasteiger partial charge is 0.408 e. The second kappa shape index (κ2) is 4.78. The first-order valence-corrected chi connectivity index (χ1v) is 5.32. The number of rotatable bonds is 5. The second-order valence-corrected chi connectivity index (χ2v) is 3.55. The molecule has 0 spiro atoms. The first kappa shape index (κ1) is 10.7. The lowest BCUT2D eigenvalue weighted by molar-refractivity contribution is 0.500. The Morgan fingerprint density at radius 2 is 2.31 bits per heavy atom. The zero-order valence-corrected chi connectivity index (χ0v) is 9.47. The number of anilines is 1. The maximum Gasteiger partial charge on any atom is 0.315 e. The maximum absolute atomic E-state index is 5.40. The summed E-state index contributed by atoms with van der Waals surface area (Å²) in [7, 11) is 1.90. The van der Waals surface area contributed by atoms with Gasteiger partial charge >= 0.3 is 6.01 Å². The summed E-state index contributed by atoms with van der Waals surface area (Å²) >= 11 is 0. The zero-order valence-electron chi connectivity index (χ0n) is 9.47. The third kappa shape index (κ3) is 2.39. The van der Waals surface area contributed by atoms with E-state index in [0.29, 0.717) is 18.5 Å². The lowest BCUT2D eigenvalue weighted by atomic mass is 10.3. The molecule has 0 saturated carbocycles. The van der Waals surface area contributed by atoms with Crippen molar-refractivity contribution in [3.05, 3.63) is 23.8 Å². The molecule has 0 aromatic carbocycles. The fraction of sp³-hybridized carbons (Fsp3) is 0.500. The van der Waals surface area contributed by atoms with E-state index in [4.69, 9.17) is 4.42 Å². The number of nitrogens with zero attached hydrogens (tertiary/aromatic N) is 4. The summed E-state index contributed by atoms with van der Waals surface area (Å²) in [5.41, 5.74) is 1.07. The molecule has 2 aromatic rings. The van der Waals surface area contributed by atoms with E-state index < -0.39 is 0 Å². The van der Waals surface area contributed by atoms with Crippen molar-refractivity contribution in [1.82, 2.24) is 20.0 Å². The Kier molecular flexibility index (Phi) is 3.19. The van der Waals surface area contributed by atoms with Crippen LogP contribution in [0.1, 0.15) is 24.9 Å². The van der Waals surface area contributed by atoms with Crippen molar-refractivity contribution >= 4 is 6.01 Å². The van der Waals surface area contributed by atoms with Crippen LogP contribution < -0.4 is 5.32 Å². The molecular weight excluding hydrogens is 206 g/mol. The molecule has 6 heteroatoms. The molecule has 0 unspecified atom stereocenters. The summed E-state index contributed by atoms with van der Waals surface area (Å²) in [6.07, 6.45) is 3.58. The average Bonchev–Trinajstić information content (AvgIpc) is 2.86. The highest BCUT2D eigenvalue weighted by atomic mass is 16.4. The van der Waals surface area contributed by atoms with E-state index in [1.165, 1.54) is 0 Å². The van der Waals surface area contributed by atoms with E-state index in [9.17, 15) is 0 Å². The highest BCUT2D eigenvalue weighted by Gasteiger charge is 2.05. The molecular formula is C10H15N5O. The van der Waals surface area contributed by atoms with Crippen molar-refractivity contribution in [2.24, 2.45) is 7.05 Å². The predicted octanol–water partition coefficient (Wildman–Crippen LogP) is 1.37. The number of aryl methyl sites for hydroxylation is 2. The molecule has 16 heavy (non-hydrogen) atoms. The van der Waals surface area contributed by atoms with Crippen LogP contribution in [0.2, 0.25) is 0 Å². The number of hydrogen-bond acceptors (Lipinski definition) is 5. The van der Waals surface area contributed by atoms with Crippen LogP contribution in [0.25, 0.3) is 0 Å². The molecule has 0 bridgehead atoms. The molecule has 0 aliphatic heterocycles. The minimum atomic E-state index is 0.463. The number of nitrogens with one attached hydrogen (secondary N) is 1. The molecule has 0 aliphatic rings. The van der Waals surface area contributed by atoms with Crippen LogP contribution in [-0.4, -0.2) is 20.0 Å². The quantitative estimate of drug-likeness (QED) is 0.825. The van der Waals surface area contributed by atoms with Crippen molar-refractivity contribution in [2.45, 2.75) is 26.3 Å². The Bertz CT molecular complexity index is 448. The molecule has 86 valence electrons. The van der Waals surface area contributed by atoms with E-state index >= 15 is 0 Å². The number of hydrogen-bond donors (Lipinski definition) is 1. The summed E-state index contributed by atoms with van der Waals surface area (Å²) in [6, 6.07) is 2.40. The van der Waals surface area contributed by atoms with Crippen LogP contribution in [0.5, 0.6) is 0 Å². The summed E-state index contributed by atoms with van der Waals surface area (Å²) in [5.74, 6) is 0.676. The summed E-state index contributed by atoms with van der Waals surface area (Å²) in [6.45, 7) is 2.71. The van der Waals surface area contributed by atoms with E-state index in [2.05, 4.69) is 27.5 Å². The minimum absolute atomic E-state index is 0.463. The van der Waals surface area contributed by atoms with Gasteiger partial charge in [0.2, 0.25) is 5.89 Å². The van der Waals surface area contributed by atoms with Crippen molar-refractivity contribution in [3.8, 4) is 0 Å². The molecule has 0 saturated heterocycles.